The first-order valence-electron chi connectivity index (χ1n) is 5.97. The fraction of sp³-hybridized carbons (Fsp3) is 0.500. The van der Waals surface area contributed by atoms with E-state index in [1.807, 2.05) is 7.05 Å². The number of hydrogen-bond acceptors (Lipinski definition) is 6. The van der Waals surface area contributed by atoms with Crippen molar-refractivity contribution >= 4 is 5.91 Å². The molecule has 2 aromatic heterocycles. The van der Waals surface area contributed by atoms with Crippen LogP contribution < -0.4 is 10.6 Å². The van der Waals surface area contributed by atoms with Gasteiger partial charge in [-0.25, -0.2) is 4.68 Å². The van der Waals surface area contributed by atoms with Crippen LogP contribution in [0.2, 0.25) is 0 Å². The second-order valence-electron chi connectivity index (χ2n) is 4.44. The second-order valence-corrected chi connectivity index (χ2v) is 4.44. The average molecular weight is 262 g/mol. The standard InChI is InChI=1S/C10H14N8O/c1-17-6-13-15-9(17)4-12-10(19)8-5-18(16-14-8)7-2-11-3-7/h5-7,11H,2-4H2,1H3,(H,12,19). The summed E-state index contributed by atoms with van der Waals surface area (Å²) in [6.07, 6.45) is 3.25. The highest BCUT2D eigenvalue weighted by Gasteiger charge is 2.21. The quantitative estimate of drug-likeness (QED) is 0.694. The highest BCUT2D eigenvalue weighted by atomic mass is 16.2. The summed E-state index contributed by atoms with van der Waals surface area (Å²) in [5, 5.41) is 21.3. The van der Waals surface area contributed by atoms with Crippen molar-refractivity contribution in [2.45, 2.75) is 12.6 Å². The molecule has 2 aromatic rings. The Labute approximate surface area is 109 Å². The molecule has 1 aliphatic rings. The molecule has 1 fully saturated rings. The molecule has 0 bridgehead atoms. The van der Waals surface area contributed by atoms with Crippen molar-refractivity contribution < 1.29 is 4.79 Å². The summed E-state index contributed by atoms with van der Waals surface area (Å²) in [4.78, 5) is 11.9. The summed E-state index contributed by atoms with van der Waals surface area (Å²) in [5.41, 5.74) is 0.314. The molecule has 0 aromatic carbocycles. The van der Waals surface area contributed by atoms with E-state index < -0.39 is 0 Å². The highest BCUT2D eigenvalue weighted by Crippen LogP contribution is 2.09. The zero-order chi connectivity index (χ0) is 13.2. The Balaban J connectivity index is 1.60. The van der Waals surface area contributed by atoms with Crippen LogP contribution in [0.3, 0.4) is 0 Å². The number of amides is 1. The normalized spacial score (nSPS) is 15.2. The van der Waals surface area contributed by atoms with Crippen LogP contribution in [0.5, 0.6) is 0 Å². The van der Waals surface area contributed by atoms with E-state index in [0.717, 1.165) is 13.1 Å². The first-order valence-corrected chi connectivity index (χ1v) is 5.97. The van der Waals surface area contributed by atoms with Crippen molar-refractivity contribution in [3.8, 4) is 0 Å². The molecule has 1 saturated heterocycles. The van der Waals surface area contributed by atoms with Crippen LogP contribution in [0.15, 0.2) is 12.5 Å². The third kappa shape index (κ3) is 2.32. The highest BCUT2D eigenvalue weighted by molar-refractivity contribution is 5.91. The first kappa shape index (κ1) is 11.8. The fourth-order valence-electron chi connectivity index (χ4n) is 1.74. The number of rotatable bonds is 4. The monoisotopic (exact) mass is 262 g/mol. The molecule has 0 aliphatic carbocycles. The largest absolute Gasteiger partial charge is 0.343 e. The lowest BCUT2D eigenvalue weighted by Crippen LogP contribution is -2.43. The minimum Gasteiger partial charge on any atom is -0.343 e. The summed E-state index contributed by atoms with van der Waals surface area (Å²) >= 11 is 0. The SMILES string of the molecule is Cn1cnnc1CNC(=O)c1cn(C2CNC2)nn1. The zero-order valence-corrected chi connectivity index (χ0v) is 10.4. The van der Waals surface area contributed by atoms with Gasteiger partial charge in [-0.3, -0.25) is 4.79 Å². The van der Waals surface area contributed by atoms with Gasteiger partial charge in [-0.05, 0) is 0 Å². The molecule has 19 heavy (non-hydrogen) atoms. The second kappa shape index (κ2) is 4.76. The summed E-state index contributed by atoms with van der Waals surface area (Å²) in [7, 11) is 1.82. The van der Waals surface area contributed by atoms with Crippen LogP contribution in [0.25, 0.3) is 0 Å². The Morgan fingerprint density at radius 3 is 3.00 bits per heavy atom. The van der Waals surface area contributed by atoms with Crippen LogP contribution in [-0.4, -0.2) is 48.8 Å². The summed E-state index contributed by atoms with van der Waals surface area (Å²) in [5.74, 6) is 0.422. The van der Waals surface area contributed by atoms with Gasteiger partial charge in [-0.15, -0.1) is 15.3 Å². The van der Waals surface area contributed by atoms with E-state index in [4.69, 9.17) is 0 Å². The molecule has 1 amide bonds. The third-order valence-corrected chi connectivity index (χ3v) is 3.09. The number of aromatic nitrogens is 6. The minimum atomic E-state index is -0.262. The smallest absolute Gasteiger partial charge is 0.273 e. The first-order chi connectivity index (χ1) is 9.24. The lowest BCUT2D eigenvalue weighted by Gasteiger charge is -2.26. The predicted molar refractivity (Wildman–Crippen MR) is 64.1 cm³/mol. The van der Waals surface area contributed by atoms with Crippen LogP contribution >= 0.6 is 0 Å². The van der Waals surface area contributed by atoms with Gasteiger partial charge in [0.15, 0.2) is 11.5 Å². The Hall–Kier alpha value is -2.29. The molecule has 2 N–H and O–H groups in total. The fourth-order valence-corrected chi connectivity index (χ4v) is 1.74. The number of nitrogens with one attached hydrogen (secondary N) is 2. The molecule has 1 aliphatic heterocycles. The van der Waals surface area contributed by atoms with Crippen molar-refractivity contribution in [2.75, 3.05) is 13.1 Å². The minimum absolute atomic E-state index is 0.262. The van der Waals surface area contributed by atoms with Crippen LogP contribution in [0.1, 0.15) is 22.4 Å². The van der Waals surface area contributed by atoms with Gasteiger partial charge in [0.1, 0.15) is 6.33 Å². The number of nitrogens with zero attached hydrogens (tertiary/aromatic N) is 6. The Kier molecular flexibility index (Phi) is 2.95. The molecule has 9 nitrogen and oxygen atoms in total. The number of carbonyl (C=O) groups is 1. The van der Waals surface area contributed by atoms with Gasteiger partial charge in [0.25, 0.3) is 5.91 Å². The number of carbonyl (C=O) groups excluding carboxylic acids is 1. The average Bonchev–Trinajstić information content (AvgIpc) is 2.94. The van der Waals surface area contributed by atoms with E-state index in [9.17, 15) is 4.79 Å². The van der Waals surface area contributed by atoms with E-state index in [2.05, 4.69) is 31.1 Å². The van der Waals surface area contributed by atoms with E-state index in [-0.39, 0.29) is 5.91 Å². The number of hydrogen-bond donors (Lipinski definition) is 2. The predicted octanol–water partition coefficient (Wildman–Crippen LogP) is -1.52. The zero-order valence-electron chi connectivity index (χ0n) is 10.4. The number of aryl methyl sites for hydroxylation is 1. The lowest BCUT2D eigenvalue weighted by molar-refractivity contribution is 0.0944. The molecule has 9 heteroatoms. The topological polar surface area (TPSA) is 103 Å². The summed E-state index contributed by atoms with van der Waals surface area (Å²) in [6, 6.07) is 0.299. The molecule has 0 saturated carbocycles. The third-order valence-electron chi connectivity index (χ3n) is 3.09. The van der Waals surface area contributed by atoms with Crippen LogP contribution in [-0.2, 0) is 13.6 Å². The maximum absolute atomic E-state index is 11.9. The van der Waals surface area contributed by atoms with Gasteiger partial charge < -0.3 is 15.2 Å². The van der Waals surface area contributed by atoms with E-state index in [1.165, 1.54) is 0 Å². The molecular weight excluding hydrogens is 248 g/mol. The lowest BCUT2D eigenvalue weighted by atomic mass is 10.2. The van der Waals surface area contributed by atoms with Crippen molar-refractivity contribution in [1.82, 2.24) is 40.4 Å². The van der Waals surface area contributed by atoms with Crippen molar-refractivity contribution in [2.24, 2.45) is 7.05 Å². The summed E-state index contributed by atoms with van der Waals surface area (Å²) in [6.45, 7) is 2.04. The molecule has 0 atom stereocenters. The van der Waals surface area contributed by atoms with Gasteiger partial charge in [-0.2, -0.15) is 0 Å². The van der Waals surface area contributed by atoms with Gasteiger partial charge in [0.2, 0.25) is 0 Å². The van der Waals surface area contributed by atoms with E-state index >= 15 is 0 Å². The molecule has 3 rings (SSSR count). The molecule has 0 spiro atoms. The Bertz CT molecular complexity index is 584. The Morgan fingerprint density at radius 1 is 1.53 bits per heavy atom. The Morgan fingerprint density at radius 2 is 2.37 bits per heavy atom. The molecule has 0 radical (unpaired) electrons. The molecule has 3 heterocycles. The van der Waals surface area contributed by atoms with Crippen LogP contribution in [0, 0.1) is 0 Å². The van der Waals surface area contributed by atoms with Crippen molar-refractivity contribution in [3.63, 3.8) is 0 Å². The molecular formula is C10H14N8O. The van der Waals surface area contributed by atoms with Crippen molar-refractivity contribution in [3.05, 3.63) is 24.0 Å². The maximum Gasteiger partial charge on any atom is 0.273 e. The summed E-state index contributed by atoms with van der Waals surface area (Å²) < 4.78 is 3.46. The van der Waals surface area contributed by atoms with Crippen molar-refractivity contribution in [1.29, 1.82) is 0 Å². The molecule has 100 valence electrons. The maximum atomic E-state index is 11.9. The van der Waals surface area contributed by atoms with Gasteiger partial charge >= 0.3 is 0 Å². The van der Waals surface area contributed by atoms with Crippen LogP contribution in [0.4, 0.5) is 0 Å². The van der Waals surface area contributed by atoms with Gasteiger partial charge in [0.05, 0.1) is 18.8 Å². The van der Waals surface area contributed by atoms with Gasteiger partial charge in [0, 0.05) is 20.1 Å². The van der Waals surface area contributed by atoms with E-state index in [1.54, 1.807) is 21.8 Å². The molecule has 0 unspecified atom stereocenters. The van der Waals surface area contributed by atoms with Gasteiger partial charge in [-0.1, -0.05) is 5.21 Å². The van der Waals surface area contributed by atoms with E-state index in [0.29, 0.717) is 24.1 Å².